The molecule has 1 amide bonds. The molecule has 510 valence electrons. The number of amides is 1. The van der Waals surface area contributed by atoms with E-state index in [9.17, 15) is 61.0 Å². The fraction of sp³-hybridized carbons (Fsp3) is 0.897. The minimum Gasteiger partial charge on any atom is -0.394 e. The Hall–Kier alpha value is -1.99. The summed E-state index contributed by atoms with van der Waals surface area (Å²) in [4.78, 5) is 13.3. The first kappa shape index (κ1) is 79.2. The number of rotatable bonds is 53. The maximum atomic E-state index is 13.3. The standard InChI is InChI=1S/C68H125NO18/c1-3-5-7-9-11-13-15-17-18-19-20-21-22-23-24-25-26-27-28-29-30-31-32-33-34-35-37-39-41-43-45-52(73)51(69-56(74)46-44-42-40-38-36-16-14-12-10-8-6-4-2)50-82-66-62(80)59(77)64(54(48-71)84-66)87-68-63(81)60(78)65(55(49-72)85-68)86-67-61(79)58(76)57(75)53(47-70)83-67/h31-32,35,37,43,45,51-55,57-68,70-73,75-81H,3-30,33-34,36,38-42,44,46-50H2,1-2H3,(H,69,74)/b32-31+,37-35+,45-43+. The van der Waals surface area contributed by atoms with Crippen LogP contribution in [-0.4, -0.2) is 193 Å². The average Bonchev–Trinajstić information content (AvgIpc) is 1.23. The molecule has 0 aromatic rings. The topological polar surface area (TPSA) is 307 Å². The number of nitrogens with one attached hydrogen (secondary N) is 1. The summed E-state index contributed by atoms with van der Waals surface area (Å²) in [6, 6.07) is -0.993. The molecule has 0 spiro atoms. The minimum absolute atomic E-state index is 0.235. The van der Waals surface area contributed by atoms with Crippen molar-refractivity contribution in [3.05, 3.63) is 36.5 Å². The zero-order valence-electron chi connectivity index (χ0n) is 53.8. The largest absolute Gasteiger partial charge is 0.394 e. The van der Waals surface area contributed by atoms with Crippen molar-refractivity contribution in [1.29, 1.82) is 0 Å². The molecule has 0 aromatic heterocycles. The highest BCUT2D eigenvalue weighted by Gasteiger charge is 2.53. The number of ether oxygens (including phenoxy) is 6. The number of hydrogen-bond acceptors (Lipinski definition) is 18. The summed E-state index contributed by atoms with van der Waals surface area (Å²) in [5, 5.41) is 120. The van der Waals surface area contributed by atoms with Gasteiger partial charge in [-0.2, -0.15) is 0 Å². The summed E-state index contributed by atoms with van der Waals surface area (Å²) in [6.45, 7) is 1.71. The summed E-state index contributed by atoms with van der Waals surface area (Å²) in [5.41, 5.74) is 0. The van der Waals surface area contributed by atoms with Crippen LogP contribution in [0.25, 0.3) is 0 Å². The van der Waals surface area contributed by atoms with Gasteiger partial charge in [0.15, 0.2) is 18.9 Å². The van der Waals surface area contributed by atoms with E-state index >= 15 is 0 Å². The molecule has 87 heavy (non-hydrogen) atoms. The van der Waals surface area contributed by atoms with Crippen molar-refractivity contribution in [2.75, 3.05) is 26.4 Å². The molecule has 17 atom stereocenters. The van der Waals surface area contributed by atoms with Gasteiger partial charge in [0.05, 0.1) is 38.6 Å². The predicted molar refractivity (Wildman–Crippen MR) is 337 cm³/mol. The maximum absolute atomic E-state index is 13.3. The molecule has 0 bridgehead atoms. The molecule has 0 aliphatic carbocycles. The SMILES string of the molecule is CCCCCCCCCCCCCCCCCCCCCC/C=C/CC/C=C/CC/C=C/C(O)C(COC1OC(CO)C(OC2OC(CO)C(OC3OC(CO)C(O)C(O)C3O)C(O)C2O)C(O)C1O)NC(=O)CCCCCCCCCCCCCC. The van der Waals surface area contributed by atoms with Gasteiger partial charge in [-0.05, 0) is 44.9 Å². The Kier molecular flexibility index (Phi) is 46.0. The number of carbonyl (C=O) groups is 1. The van der Waals surface area contributed by atoms with Crippen molar-refractivity contribution in [3.8, 4) is 0 Å². The van der Waals surface area contributed by atoms with Gasteiger partial charge in [-0.3, -0.25) is 4.79 Å². The normalized spacial score (nSPS) is 28.8. The van der Waals surface area contributed by atoms with Gasteiger partial charge in [0.25, 0.3) is 0 Å². The Bertz CT molecular complexity index is 1720. The number of aliphatic hydroxyl groups is 11. The molecular weight excluding hydrogens is 1120 g/mol. The van der Waals surface area contributed by atoms with Crippen molar-refractivity contribution < 1.29 is 89.4 Å². The third kappa shape index (κ3) is 32.9. The summed E-state index contributed by atoms with van der Waals surface area (Å²) >= 11 is 0. The third-order valence-corrected chi connectivity index (χ3v) is 17.4. The Balaban J connectivity index is 1.41. The molecule has 3 fully saturated rings. The molecular formula is C68H125NO18. The van der Waals surface area contributed by atoms with Crippen molar-refractivity contribution in [2.45, 2.75) is 362 Å². The van der Waals surface area contributed by atoms with E-state index in [1.807, 2.05) is 6.08 Å². The van der Waals surface area contributed by atoms with Gasteiger partial charge < -0.3 is 89.9 Å². The van der Waals surface area contributed by atoms with Crippen LogP contribution in [0.1, 0.15) is 258 Å². The fourth-order valence-corrected chi connectivity index (χ4v) is 11.8. The van der Waals surface area contributed by atoms with Gasteiger partial charge in [0.1, 0.15) is 73.2 Å². The summed E-state index contributed by atoms with van der Waals surface area (Å²) in [6.07, 6.45) is 31.5. The van der Waals surface area contributed by atoms with Crippen molar-refractivity contribution in [3.63, 3.8) is 0 Å². The molecule has 3 heterocycles. The van der Waals surface area contributed by atoms with E-state index < -0.39 is 124 Å². The molecule has 3 saturated heterocycles. The van der Waals surface area contributed by atoms with Gasteiger partial charge in [-0.1, -0.05) is 243 Å². The number of carbonyl (C=O) groups excluding carboxylic acids is 1. The number of hydrogen-bond donors (Lipinski definition) is 12. The molecule has 19 heteroatoms. The monoisotopic (exact) mass is 1240 g/mol. The molecule has 3 rings (SSSR count). The molecule has 19 nitrogen and oxygen atoms in total. The highest BCUT2D eigenvalue weighted by Crippen LogP contribution is 2.33. The molecule has 0 radical (unpaired) electrons. The lowest BCUT2D eigenvalue weighted by Gasteiger charge is -2.48. The lowest BCUT2D eigenvalue weighted by molar-refractivity contribution is -0.379. The van der Waals surface area contributed by atoms with E-state index in [1.165, 1.54) is 180 Å². The Morgan fingerprint density at radius 1 is 0.402 bits per heavy atom. The van der Waals surface area contributed by atoms with Crippen LogP contribution < -0.4 is 5.32 Å². The molecule has 0 aromatic carbocycles. The summed E-state index contributed by atoms with van der Waals surface area (Å²) in [5.74, 6) is -0.289. The molecule has 3 aliphatic heterocycles. The zero-order valence-corrected chi connectivity index (χ0v) is 53.8. The van der Waals surface area contributed by atoms with Crippen LogP contribution in [0.15, 0.2) is 36.5 Å². The van der Waals surface area contributed by atoms with E-state index in [0.717, 1.165) is 44.9 Å². The number of allylic oxidation sites excluding steroid dienone is 5. The van der Waals surface area contributed by atoms with Crippen LogP contribution in [0.5, 0.6) is 0 Å². The summed E-state index contributed by atoms with van der Waals surface area (Å²) in [7, 11) is 0. The van der Waals surface area contributed by atoms with Crippen molar-refractivity contribution in [1.82, 2.24) is 5.32 Å². The van der Waals surface area contributed by atoms with E-state index in [2.05, 4.69) is 43.5 Å². The minimum atomic E-state index is -1.98. The first-order valence-electron chi connectivity index (χ1n) is 34.7. The first-order chi connectivity index (χ1) is 42.3. The van der Waals surface area contributed by atoms with Gasteiger partial charge >= 0.3 is 0 Å². The Labute approximate surface area is 523 Å². The highest BCUT2D eigenvalue weighted by atomic mass is 16.8. The second kappa shape index (κ2) is 50.6. The molecule has 12 N–H and O–H groups in total. The van der Waals surface area contributed by atoms with Crippen LogP contribution in [0.2, 0.25) is 0 Å². The Morgan fingerprint density at radius 3 is 1.15 bits per heavy atom. The number of unbranched alkanes of at least 4 members (excludes halogenated alkanes) is 33. The quantitative estimate of drug-likeness (QED) is 0.0200. The molecule has 0 saturated carbocycles. The van der Waals surface area contributed by atoms with Crippen molar-refractivity contribution >= 4 is 5.91 Å². The van der Waals surface area contributed by atoms with Crippen molar-refractivity contribution in [2.24, 2.45) is 0 Å². The predicted octanol–water partition coefficient (Wildman–Crippen LogP) is 8.83. The lowest BCUT2D eigenvalue weighted by Crippen LogP contribution is -2.66. The van der Waals surface area contributed by atoms with E-state index in [-0.39, 0.29) is 18.9 Å². The number of aliphatic hydroxyl groups excluding tert-OH is 11. The van der Waals surface area contributed by atoms with E-state index in [0.29, 0.717) is 12.8 Å². The third-order valence-electron chi connectivity index (χ3n) is 17.4. The molecule has 3 aliphatic rings. The van der Waals surface area contributed by atoms with Gasteiger partial charge in [0, 0.05) is 6.42 Å². The molecule has 17 unspecified atom stereocenters. The van der Waals surface area contributed by atoms with E-state index in [1.54, 1.807) is 6.08 Å². The highest BCUT2D eigenvalue weighted by molar-refractivity contribution is 5.76. The van der Waals surface area contributed by atoms with E-state index in [4.69, 9.17) is 28.4 Å². The van der Waals surface area contributed by atoms with Gasteiger partial charge in [0.2, 0.25) is 5.91 Å². The van der Waals surface area contributed by atoms with Crippen LogP contribution in [0.3, 0.4) is 0 Å². The lowest BCUT2D eigenvalue weighted by atomic mass is 9.96. The Morgan fingerprint density at radius 2 is 0.736 bits per heavy atom. The zero-order chi connectivity index (χ0) is 63.3. The first-order valence-corrected chi connectivity index (χ1v) is 34.7. The van der Waals surface area contributed by atoms with Crippen LogP contribution in [-0.2, 0) is 33.2 Å². The fourth-order valence-electron chi connectivity index (χ4n) is 11.8. The average molecular weight is 1240 g/mol. The summed E-state index contributed by atoms with van der Waals surface area (Å²) < 4.78 is 34.3. The van der Waals surface area contributed by atoms with Gasteiger partial charge in [-0.25, -0.2) is 0 Å². The maximum Gasteiger partial charge on any atom is 0.220 e. The van der Waals surface area contributed by atoms with Crippen LogP contribution >= 0.6 is 0 Å². The van der Waals surface area contributed by atoms with Crippen LogP contribution in [0.4, 0.5) is 0 Å². The second-order valence-electron chi connectivity index (χ2n) is 25.0. The second-order valence-corrected chi connectivity index (χ2v) is 25.0. The smallest absolute Gasteiger partial charge is 0.220 e. The van der Waals surface area contributed by atoms with Crippen LogP contribution in [0, 0.1) is 0 Å². The van der Waals surface area contributed by atoms with Gasteiger partial charge in [-0.15, -0.1) is 0 Å².